The number of carboxylic acid groups (broad SMARTS) is 1. The first-order chi connectivity index (χ1) is 7.95. The van der Waals surface area contributed by atoms with Gasteiger partial charge < -0.3 is 14.4 Å². The summed E-state index contributed by atoms with van der Waals surface area (Å²) in [7, 11) is 2.34. The Labute approximate surface area is 111 Å². The second kappa shape index (κ2) is 12.2. The minimum atomic E-state index is -0.964. The maximum atomic E-state index is 9.63. The van der Waals surface area contributed by atoms with Crippen LogP contribution in [-0.2, 0) is 4.79 Å². The molecule has 4 heteroatoms. The SMILES string of the molecule is CCCC[N+](C)(CC)CC.CSCCC(=O)[O-]. The van der Waals surface area contributed by atoms with Gasteiger partial charge >= 0.3 is 0 Å². The first-order valence-electron chi connectivity index (χ1n) is 6.48. The molecule has 0 bridgehead atoms. The number of quaternary nitrogens is 1. The quantitative estimate of drug-likeness (QED) is 0.627. The molecule has 0 unspecified atom stereocenters. The largest absolute Gasteiger partial charge is 0.550 e. The van der Waals surface area contributed by atoms with Gasteiger partial charge in [0.25, 0.3) is 0 Å². The molecular formula is C13H29NO2S. The Bertz CT molecular complexity index is 182. The second-order valence-electron chi connectivity index (χ2n) is 4.44. The average Bonchev–Trinajstić information content (AvgIpc) is 2.34. The van der Waals surface area contributed by atoms with Gasteiger partial charge in [-0.25, -0.2) is 0 Å². The number of hydrogen-bond acceptors (Lipinski definition) is 3. The minimum Gasteiger partial charge on any atom is -0.550 e. The van der Waals surface area contributed by atoms with E-state index in [-0.39, 0.29) is 6.42 Å². The van der Waals surface area contributed by atoms with Gasteiger partial charge in [0.15, 0.2) is 0 Å². The number of hydrogen-bond donors (Lipinski definition) is 0. The number of thioether (sulfide) groups is 1. The van der Waals surface area contributed by atoms with Crippen LogP contribution < -0.4 is 5.11 Å². The van der Waals surface area contributed by atoms with Crippen molar-refractivity contribution in [3.05, 3.63) is 0 Å². The van der Waals surface area contributed by atoms with Crippen molar-refractivity contribution >= 4 is 17.7 Å². The lowest BCUT2D eigenvalue weighted by Crippen LogP contribution is -2.44. The Balaban J connectivity index is 0. The van der Waals surface area contributed by atoms with E-state index in [1.165, 1.54) is 48.7 Å². The molecule has 0 aromatic heterocycles. The van der Waals surface area contributed by atoms with Crippen molar-refractivity contribution in [2.75, 3.05) is 38.7 Å². The molecule has 0 aliphatic rings. The Morgan fingerprint density at radius 3 is 2.00 bits per heavy atom. The van der Waals surface area contributed by atoms with Crippen LogP contribution in [0.25, 0.3) is 0 Å². The van der Waals surface area contributed by atoms with Crippen LogP contribution in [0.3, 0.4) is 0 Å². The topological polar surface area (TPSA) is 40.1 Å². The normalized spacial score (nSPS) is 10.6. The third kappa shape index (κ3) is 13.7. The molecule has 0 amide bonds. The third-order valence-corrected chi connectivity index (χ3v) is 3.70. The van der Waals surface area contributed by atoms with Crippen molar-refractivity contribution in [1.29, 1.82) is 0 Å². The van der Waals surface area contributed by atoms with Crippen LogP contribution in [0, 0.1) is 0 Å². The molecule has 3 nitrogen and oxygen atoms in total. The highest BCUT2D eigenvalue weighted by Gasteiger charge is 2.13. The Morgan fingerprint density at radius 1 is 1.24 bits per heavy atom. The van der Waals surface area contributed by atoms with Gasteiger partial charge in [0.05, 0.1) is 26.7 Å². The van der Waals surface area contributed by atoms with E-state index in [0.717, 1.165) is 0 Å². The molecule has 0 aromatic carbocycles. The van der Waals surface area contributed by atoms with Gasteiger partial charge in [0.1, 0.15) is 0 Å². The molecule has 0 saturated carbocycles. The van der Waals surface area contributed by atoms with Crippen molar-refractivity contribution in [2.45, 2.75) is 40.0 Å². The van der Waals surface area contributed by atoms with E-state index in [9.17, 15) is 9.90 Å². The number of unbranched alkanes of at least 4 members (excludes halogenated alkanes) is 1. The fraction of sp³-hybridized carbons (Fsp3) is 0.923. The van der Waals surface area contributed by atoms with Crippen molar-refractivity contribution in [3.8, 4) is 0 Å². The zero-order chi connectivity index (χ0) is 13.7. The maximum absolute atomic E-state index is 9.63. The Hall–Kier alpha value is -0.220. The fourth-order valence-corrected chi connectivity index (χ4v) is 1.64. The highest BCUT2D eigenvalue weighted by Crippen LogP contribution is 2.03. The lowest BCUT2D eigenvalue weighted by molar-refractivity contribution is -0.906. The summed E-state index contributed by atoms with van der Waals surface area (Å²) in [6, 6.07) is 0. The Kier molecular flexibility index (Phi) is 13.8. The van der Waals surface area contributed by atoms with Crippen LogP contribution in [-0.4, -0.2) is 49.1 Å². The number of carbonyl (C=O) groups excluding carboxylic acids is 1. The van der Waals surface area contributed by atoms with E-state index in [4.69, 9.17) is 0 Å². The van der Waals surface area contributed by atoms with Crippen LogP contribution in [0.4, 0.5) is 0 Å². The maximum Gasteiger partial charge on any atom is 0.0784 e. The molecule has 0 N–H and O–H groups in total. The van der Waals surface area contributed by atoms with Gasteiger partial charge in [0, 0.05) is 5.97 Å². The predicted octanol–water partition coefficient (Wildman–Crippen LogP) is 1.76. The minimum absolute atomic E-state index is 0.168. The molecule has 0 radical (unpaired) electrons. The van der Waals surface area contributed by atoms with E-state index in [2.05, 4.69) is 27.8 Å². The van der Waals surface area contributed by atoms with Crippen LogP contribution in [0.15, 0.2) is 0 Å². The fourth-order valence-electron chi connectivity index (χ4n) is 1.27. The van der Waals surface area contributed by atoms with Gasteiger partial charge in [-0.2, -0.15) is 11.8 Å². The van der Waals surface area contributed by atoms with Crippen LogP contribution >= 0.6 is 11.8 Å². The number of carbonyl (C=O) groups is 1. The highest BCUT2D eigenvalue weighted by atomic mass is 32.2. The summed E-state index contributed by atoms with van der Waals surface area (Å²) >= 11 is 1.51. The molecule has 0 heterocycles. The molecule has 17 heavy (non-hydrogen) atoms. The molecule has 0 atom stereocenters. The summed E-state index contributed by atoms with van der Waals surface area (Å²) in [5.41, 5.74) is 0. The highest BCUT2D eigenvalue weighted by molar-refractivity contribution is 7.98. The van der Waals surface area contributed by atoms with Gasteiger partial charge in [-0.1, -0.05) is 13.3 Å². The van der Waals surface area contributed by atoms with Crippen molar-refractivity contribution in [1.82, 2.24) is 0 Å². The first kappa shape index (κ1) is 19.1. The van der Waals surface area contributed by atoms with Gasteiger partial charge in [-0.15, -0.1) is 0 Å². The van der Waals surface area contributed by atoms with Crippen LogP contribution in [0.5, 0.6) is 0 Å². The van der Waals surface area contributed by atoms with Crippen molar-refractivity contribution < 1.29 is 14.4 Å². The van der Waals surface area contributed by atoms with Gasteiger partial charge in [-0.3, -0.25) is 0 Å². The molecule has 0 rings (SSSR count). The van der Waals surface area contributed by atoms with E-state index in [1.807, 2.05) is 6.26 Å². The monoisotopic (exact) mass is 263 g/mol. The third-order valence-electron chi connectivity index (χ3n) is 3.09. The lowest BCUT2D eigenvalue weighted by atomic mass is 10.3. The smallest absolute Gasteiger partial charge is 0.0784 e. The van der Waals surface area contributed by atoms with E-state index >= 15 is 0 Å². The molecule has 104 valence electrons. The number of rotatable bonds is 8. The van der Waals surface area contributed by atoms with Crippen LogP contribution in [0.2, 0.25) is 0 Å². The van der Waals surface area contributed by atoms with Gasteiger partial charge in [-0.05, 0) is 38.7 Å². The standard InChI is InChI=1S/C9H22N.C4H8O2S/c1-5-8-9-10(4,6-2)7-3;1-7-3-2-4(5)6/h5-9H2,1-4H3;2-3H2,1H3,(H,5,6)/q+1;/p-1. The summed E-state index contributed by atoms with van der Waals surface area (Å²) in [5, 5.41) is 9.63. The average molecular weight is 263 g/mol. The molecular weight excluding hydrogens is 234 g/mol. The van der Waals surface area contributed by atoms with Gasteiger partial charge in [0.2, 0.25) is 0 Å². The lowest BCUT2D eigenvalue weighted by Gasteiger charge is -2.31. The molecule has 0 aliphatic heterocycles. The number of carboxylic acids is 1. The number of aliphatic carboxylic acids is 1. The molecule has 0 aliphatic carbocycles. The molecule has 0 aromatic rings. The zero-order valence-electron chi connectivity index (χ0n) is 12.1. The number of nitrogens with zero attached hydrogens (tertiary/aromatic N) is 1. The molecule has 0 spiro atoms. The molecule has 0 saturated heterocycles. The summed E-state index contributed by atoms with van der Waals surface area (Å²) < 4.78 is 1.24. The summed E-state index contributed by atoms with van der Waals surface area (Å²) in [6.07, 6.45) is 4.73. The molecule has 0 fully saturated rings. The summed E-state index contributed by atoms with van der Waals surface area (Å²) in [4.78, 5) is 9.63. The zero-order valence-corrected chi connectivity index (χ0v) is 12.9. The second-order valence-corrected chi connectivity index (χ2v) is 5.43. The van der Waals surface area contributed by atoms with E-state index < -0.39 is 5.97 Å². The van der Waals surface area contributed by atoms with E-state index in [1.54, 1.807) is 0 Å². The van der Waals surface area contributed by atoms with E-state index in [0.29, 0.717) is 5.75 Å². The summed E-state index contributed by atoms with van der Waals surface area (Å²) in [6.45, 7) is 10.7. The van der Waals surface area contributed by atoms with Crippen LogP contribution in [0.1, 0.15) is 40.0 Å². The first-order valence-corrected chi connectivity index (χ1v) is 7.87. The summed E-state index contributed by atoms with van der Waals surface area (Å²) in [5.74, 6) is -0.308. The van der Waals surface area contributed by atoms with Crippen molar-refractivity contribution in [2.24, 2.45) is 0 Å². The van der Waals surface area contributed by atoms with Crippen molar-refractivity contribution in [3.63, 3.8) is 0 Å². The predicted molar refractivity (Wildman–Crippen MR) is 75.0 cm³/mol. The Morgan fingerprint density at radius 2 is 1.76 bits per heavy atom.